The second kappa shape index (κ2) is 5.29. The number of ether oxygens (including phenoxy) is 1. The second-order valence-electron chi connectivity index (χ2n) is 8.56. The Morgan fingerprint density at radius 2 is 1.91 bits per heavy atom. The number of rotatable bonds is 2. The lowest BCUT2D eigenvalue weighted by Gasteiger charge is -2.52. The molecule has 2 nitrogen and oxygen atoms in total. The zero-order valence-electron chi connectivity index (χ0n) is 15.4. The molecule has 1 fully saturated rings. The van der Waals surface area contributed by atoms with Crippen LogP contribution in [0.5, 0.6) is 11.5 Å². The zero-order chi connectivity index (χ0) is 17.0. The number of hydrogen-bond donors (Lipinski definition) is 1. The van der Waals surface area contributed by atoms with Crippen LogP contribution in [0.2, 0.25) is 0 Å². The molecule has 1 aromatic carbocycles. The Hall–Kier alpha value is -1.44. The van der Waals surface area contributed by atoms with E-state index in [0.29, 0.717) is 23.3 Å². The SMILES string of the molecule is COc1c(C(C)C)cc2c(c1O)[C@@]1(C)CCCC(C)(C)C1C=C2. The molecule has 0 saturated heterocycles. The van der Waals surface area contributed by atoms with Gasteiger partial charge in [-0.05, 0) is 41.7 Å². The highest BCUT2D eigenvalue weighted by Gasteiger charge is 2.49. The van der Waals surface area contributed by atoms with E-state index in [-0.39, 0.29) is 10.8 Å². The van der Waals surface area contributed by atoms with Gasteiger partial charge in [0, 0.05) is 16.5 Å². The van der Waals surface area contributed by atoms with Crippen molar-refractivity contribution in [2.75, 3.05) is 7.11 Å². The average molecular weight is 314 g/mol. The predicted molar refractivity (Wildman–Crippen MR) is 96.3 cm³/mol. The van der Waals surface area contributed by atoms with Crippen LogP contribution in [0.3, 0.4) is 0 Å². The average Bonchev–Trinajstić information content (AvgIpc) is 2.45. The van der Waals surface area contributed by atoms with Crippen molar-refractivity contribution in [3.05, 3.63) is 28.8 Å². The first-order chi connectivity index (χ1) is 10.7. The molecule has 1 saturated carbocycles. The molecule has 2 heteroatoms. The largest absolute Gasteiger partial charge is 0.504 e. The lowest BCUT2D eigenvalue weighted by atomic mass is 9.52. The first-order valence-electron chi connectivity index (χ1n) is 8.85. The number of phenolic OH excluding ortho intramolecular Hbond substituents is 1. The van der Waals surface area contributed by atoms with Gasteiger partial charge in [0.25, 0.3) is 0 Å². The smallest absolute Gasteiger partial charge is 0.164 e. The summed E-state index contributed by atoms with van der Waals surface area (Å²) in [6.45, 7) is 11.3. The summed E-state index contributed by atoms with van der Waals surface area (Å²) in [6.07, 6.45) is 8.18. The molecule has 0 aromatic heterocycles. The molecule has 126 valence electrons. The molecular weight excluding hydrogens is 284 g/mol. The van der Waals surface area contributed by atoms with Gasteiger partial charge in [0.05, 0.1) is 7.11 Å². The molecule has 0 amide bonds. The molecule has 2 atom stereocenters. The summed E-state index contributed by atoms with van der Waals surface area (Å²) in [5, 5.41) is 11.1. The minimum Gasteiger partial charge on any atom is -0.504 e. The quantitative estimate of drug-likeness (QED) is 0.766. The molecule has 0 bridgehead atoms. The number of aromatic hydroxyl groups is 1. The van der Waals surface area contributed by atoms with Crippen molar-refractivity contribution in [1.82, 2.24) is 0 Å². The number of phenols is 1. The normalized spacial score (nSPS) is 28.4. The van der Waals surface area contributed by atoms with E-state index in [4.69, 9.17) is 4.74 Å². The van der Waals surface area contributed by atoms with Crippen LogP contribution < -0.4 is 4.74 Å². The van der Waals surface area contributed by atoms with Crippen molar-refractivity contribution in [2.24, 2.45) is 11.3 Å². The number of hydrogen-bond acceptors (Lipinski definition) is 2. The van der Waals surface area contributed by atoms with Crippen molar-refractivity contribution in [3.8, 4) is 11.5 Å². The van der Waals surface area contributed by atoms with Gasteiger partial charge in [-0.15, -0.1) is 0 Å². The summed E-state index contributed by atoms with van der Waals surface area (Å²) < 4.78 is 5.61. The van der Waals surface area contributed by atoms with E-state index < -0.39 is 0 Å². The minimum atomic E-state index is -0.0152. The first-order valence-corrected chi connectivity index (χ1v) is 8.85. The fourth-order valence-corrected chi connectivity index (χ4v) is 5.11. The standard InChI is InChI=1S/C21H30O2/c1-13(2)15-12-14-8-9-16-20(3,4)10-7-11-21(16,5)17(14)18(22)19(15)23-6/h8-9,12-13,16,22H,7,10-11H2,1-6H3/t16?,21-/m0/s1. The summed E-state index contributed by atoms with van der Waals surface area (Å²) in [5.74, 6) is 1.81. The van der Waals surface area contributed by atoms with Gasteiger partial charge in [-0.2, -0.15) is 0 Å². The van der Waals surface area contributed by atoms with Crippen LogP contribution in [-0.2, 0) is 5.41 Å². The van der Waals surface area contributed by atoms with Gasteiger partial charge in [-0.25, -0.2) is 0 Å². The Labute approximate surface area is 140 Å². The molecule has 1 unspecified atom stereocenters. The van der Waals surface area contributed by atoms with Crippen molar-refractivity contribution in [2.45, 2.75) is 65.2 Å². The summed E-state index contributed by atoms with van der Waals surface area (Å²) >= 11 is 0. The van der Waals surface area contributed by atoms with Crippen LogP contribution in [0.4, 0.5) is 0 Å². The monoisotopic (exact) mass is 314 g/mol. The summed E-state index contributed by atoms with van der Waals surface area (Å²) in [7, 11) is 1.66. The fourth-order valence-electron chi connectivity index (χ4n) is 5.11. The number of benzene rings is 1. The van der Waals surface area contributed by atoms with Gasteiger partial charge in [0.2, 0.25) is 0 Å². The highest BCUT2D eigenvalue weighted by Crippen LogP contribution is 2.59. The molecule has 23 heavy (non-hydrogen) atoms. The molecule has 2 aliphatic rings. The van der Waals surface area contributed by atoms with E-state index >= 15 is 0 Å². The van der Waals surface area contributed by atoms with Gasteiger partial charge in [-0.1, -0.05) is 53.2 Å². The highest BCUT2D eigenvalue weighted by atomic mass is 16.5. The van der Waals surface area contributed by atoms with Crippen LogP contribution in [0.15, 0.2) is 12.1 Å². The third-order valence-corrected chi connectivity index (χ3v) is 6.22. The van der Waals surface area contributed by atoms with Gasteiger partial charge in [-0.3, -0.25) is 0 Å². The summed E-state index contributed by atoms with van der Waals surface area (Å²) in [6, 6.07) is 2.22. The Kier molecular flexibility index (Phi) is 3.78. The first kappa shape index (κ1) is 16.4. The van der Waals surface area contributed by atoms with Crippen LogP contribution in [0.1, 0.15) is 76.5 Å². The van der Waals surface area contributed by atoms with Crippen LogP contribution in [-0.4, -0.2) is 12.2 Å². The summed E-state index contributed by atoms with van der Waals surface area (Å²) in [5.41, 5.74) is 3.60. The van der Waals surface area contributed by atoms with E-state index in [9.17, 15) is 5.11 Å². The van der Waals surface area contributed by atoms with Crippen LogP contribution in [0, 0.1) is 11.3 Å². The Morgan fingerprint density at radius 3 is 2.52 bits per heavy atom. The lowest BCUT2D eigenvalue weighted by molar-refractivity contribution is 0.0888. The lowest BCUT2D eigenvalue weighted by Crippen LogP contribution is -2.45. The maximum absolute atomic E-state index is 11.1. The maximum atomic E-state index is 11.1. The van der Waals surface area contributed by atoms with Crippen molar-refractivity contribution < 1.29 is 9.84 Å². The highest BCUT2D eigenvalue weighted by molar-refractivity contribution is 5.70. The molecule has 0 spiro atoms. The van der Waals surface area contributed by atoms with Gasteiger partial charge in [0.1, 0.15) is 0 Å². The fraction of sp³-hybridized carbons (Fsp3) is 0.619. The van der Waals surface area contributed by atoms with Crippen molar-refractivity contribution in [3.63, 3.8) is 0 Å². The zero-order valence-corrected chi connectivity index (χ0v) is 15.4. The van der Waals surface area contributed by atoms with E-state index in [0.717, 1.165) is 17.5 Å². The predicted octanol–water partition coefficient (Wildman–Crippen LogP) is 5.64. The maximum Gasteiger partial charge on any atom is 0.164 e. The minimum absolute atomic E-state index is 0.0152. The van der Waals surface area contributed by atoms with Crippen LogP contribution >= 0.6 is 0 Å². The van der Waals surface area contributed by atoms with Gasteiger partial charge >= 0.3 is 0 Å². The van der Waals surface area contributed by atoms with Crippen molar-refractivity contribution in [1.29, 1.82) is 0 Å². The number of allylic oxidation sites excluding steroid dienone is 1. The van der Waals surface area contributed by atoms with Crippen molar-refractivity contribution >= 4 is 6.08 Å². The third-order valence-electron chi connectivity index (χ3n) is 6.22. The van der Waals surface area contributed by atoms with E-state index in [2.05, 4.69) is 52.8 Å². The third kappa shape index (κ3) is 2.29. The number of fused-ring (bicyclic) bond motifs is 3. The Bertz CT molecular complexity index is 654. The van der Waals surface area contributed by atoms with E-state index in [1.165, 1.54) is 18.4 Å². The van der Waals surface area contributed by atoms with E-state index in [1.54, 1.807) is 7.11 Å². The molecule has 1 N–H and O–H groups in total. The van der Waals surface area contributed by atoms with Gasteiger partial charge in [0.15, 0.2) is 11.5 Å². The molecule has 2 aliphatic carbocycles. The summed E-state index contributed by atoms with van der Waals surface area (Å²) in [4.78, 5) is 0. The number of methoxy groups -OCH3 is 1. The molecule has 1 aromatic rings. The molecular formula is C21H30O2. The topological polar surface area (TPSA) is 29.5 Å². The van der Waals surface area contributed by atoms with E-state index in [1.807, 2.05) is 0 Å². The Balaban J connectivity index is 2.26. The molecule has 0 heterocycles. The second-order valence-corrected chi connectivity index (χ2v) is 8.56. The van der Waals surface area contributed by atoms with Gasteiger partial charge < -0.3 is 9.84 Å². The molecule has 3 rings (SSSR count). The van der Waals surface area contributed by atoms with Crippen LogP contribution in [0.25, 0.3) is 6.08 Å². The molecule has 0 aliphatic heterocycles. The Morgan fingerprint density at radius 1 is 1.22 bits per heavy atom. The molecule has 0 radical (unpaired) electrons.